The molecule has 1 aliphatic carbocycles. The summed E-state index contributed by atoms with van der Waals surface area (Å²) in [5.41, 5.74) is 0. The van der Waals surface area contributed by atoms with Crippen molar-refractivity contribution in [2.45, 2.75) is 25.7 Å². The van der Waals surface area contributed by atoms with Crippen molar-refractivity contribution in [2.24, 2.45) is 11.8 Å². The molecule has 2 rings (SSSR count). The minimum Gasteiger partial charge on any atom is -0.481 e. The Labute approximate surface area is 101 Å². The number of morpholine rings is 1. The molecular formula is C12H19NO4. The normalized spacial score (nSPS) is 30.0. The first-order valence-corrected chi connectivity index (χ1v) is 6.28. The van der Waals surface area contributed by atoms with E-state index in [1.807, 2.05) is 4.90 Å². The summed E-state index contributed by atoms with van der Waals surface area (Å²) < 4.78 is 5.21. The molecule has 0 radical (unpaired) electrons. The first-order chi connectivity index (χ1) is 8.18. The van der Waals surface area contributed by atoms with E-state index < -0.39 is 5.97 Å². The smallest absolute Gasteiger partial charge is 0.306 e. The number of carbonyl (C=O) groups is 2. The molecule has 0 spiro atoms. The summed E-state index contributed by atoms with van der Waals surface area (Å²) in [5.74, 6) is -1.06. The van der Waals surface area contributed by atoms with Gasteiger partial charge in [0.1, 0.15) is 0 Å². The molecule has 2 atom stereocenters. The molecule has 1 heterocycles. The number of carboxylic acids is 1. The Morgan fingerprint density at radius 1 is 1.12 bits per heavy atom. The predicted molar refractivity (Wildman–Crippen MR) is 60.5 cm³/mol. The van der Waals surface area contributed by atoms with Crippen LogP contribution in [0.2, 0.25) is 0 Å². The van der Waals surface area contributed by atoms with Crippen molar-refractivity contribution < 1.29 is 19.4 Å². The third-order valence-electron chi connectivity index (χ3n) is 3.70. The Morgan fingerprint density at radius 2 is 1.76 bits per heavy atom. The van der Waals surface area contributed by atoms with Gasteiger partial charge in [0.05, 0.1) is 19.1 Å². The molecular weight excluding hydrogens is 222 g/mol. The lowest BCUT2D eigenvalue weighted by atomic mass is 9.80. The number of ether oxygens (including phenoxy) is 1. The van der Waals surface area contributed by atoms with Crippen LogP contribution in [0.5, 0.6) is 0 Å². The van der Waals surface area contributed by atoms with E-state index in [-0.39, 0.29) is 17.7 Å². The van der Waals surface area contributed by atoms with Crippen LogP contribution in [0.25, 0.3) is 0 Å². The molecule has 17 heavy (non-hydrogen) atoms. The molecule has 1 N–H and O–H groups in total. The zero-order valence-electron chi connectivity index (χ0n) is 9.93. The van der Waals surface area contributed by atoms with Gasteiger partial charge in [0.2, 0.25) is 5.91 Å². The molecule has 2 aliphatic rings. The van der Waals surface area contributed by atoms with Crippen LogP contribution in [0.1, 0.15) is 25.7 Å². The molecule has 0 aromatic heterocycles. The fourth-order valence-electron chi connectivity index (χ4n) is 2.68. The largest absolute Gasteiger partial charge is 0.481 e. The van der Waals surface area contributed by atoms with Gasteiger partial charge in [-0.2, -0.15) is 0 Å². The molecule has 96 valence electrons. The summed E-state index contributed by atoms with van der Waals surface area (Å²) in [4.78, 5) is 25.0. The fourth-order valence-corrected chi connectivity index (χ4v) is 2.68. The van der Waals surface area contributed by atoms with Crippen LogP contribution in [0, 0.1) is 11.8 Å². The van der Waals surface area contributed by atoms with Crippen molar-refractivity contribution in [3.63, 3.8) is 0 Å². The van der Waals surface area contributed by atoms with Crippen molar-refractivity contribution in [2.75, 3.05) is 26.3 Å². The van der Waals surface area contributed by atoms with E-state index in [4.69, 9.17) is 9.84 Å². The van der Waals surface area contributed by atoms with Gasteiger partial charge in [-0.1, -0.05) is 6.42 Å². The van der Waals surface area contributed by atoms with Gasteiger partial charge in [0.15, 0.2) is 0 Å². The Bertz CT molecular complexity index is 299. The van der Waals surface area contributed by atoms with Crippen LogP contribution in [0.3, 0.4) is 0 Å². The molecule has 0 aromatic rings. The maximum Gasteiger partial charge on any atom is 0.306 e. The number of carboxylic acid groups (broad SMARTS) is 1. The van der Waals surface area contributed by atoms with Crippen molar-refractivity contribution in [1.82, 2.24) is 4.90 Å². The highest BCUT2D eigenvalue weighted by molar-refractivity contribution is 5.80. The van der Waals surface area contributed by atoms with Crippen molar-refractivity contribution in [3.8, 4) is 0 Å². The van der Waals surface area contributed by atoms with Gasteiger partial charge in [-0.05, 0) is 19.3 Å². The van der Waals surface area contributed by atoms with E-state index in [0.29, 0.717) is 39.1 Å². The third-order valence-corrected chi connectivity index (χ3v) is 3.70. The van der Waals surface area contributed by atoms with Crippen LogP contribution in [0.4, 0.5) is 0 Å². The Kier molecular flexibility index (Phi) is 3.99. The number of carbonyl (C=O) groups excluding carboxylic acids is 1. The number of nitrogens with zero attached hydrogens (tertiary/aromatic N) is 1. The van der Waals surface area contributed by atoms with Crippen LogP contribution in [0.15, 0.2) is 0 Å². The van der Waals surface area contributed by atoms with Gasteiger partial charge in [0.25, 0.3) is 0 Å². The summed E-state index contributed by atoms with van der Waals surface area (Å²) in [6.45, 7) is 2.49. The number of rotatable bonds is 2. The molecule has 1 saturated heterocycles. The van der Waals surface area contributed by atoms with Crippen molar-refractivity contribution in [3.05, 3.63) is 0 Å². The summed E-state index contributed by atoms with van der Waals surface area (Å²) in [6.07, 6.45) is 2.89. The van der Waals surface area contributed by atoms with E-state index >= 15 is 0 Å². The summed E-state index contributed by atoms with van der Waals surface area (Å²) in [5, 5.41) is 9.00. The van der Waals surface area contributed by atoms with Gasteiger partial charge < -0.3 is 14.7 Å². The molecule has 0 aromatic carbocycles. The third kappa shape index (κ3) is 2.97. The second-order valence-corrected chi connectivity index (χ2v) is 4.84. The second-order valence-electron chi connectivity index (χ2n) is 4.84. The number of hydrogen-bond acceptors (Lipinski definition) is 3. The number of aliphatic carboxylic acids is 1. The van der Waals surface area contributed by atoms with Crippen LogP contribution < -0.4 is 0 Å². The SMILES string of the molecule is O=C(O)C1CCCC(C(=O)N2CCOCC2)C1. The Morgan fingerprint density at radius 3 is 2.41 bits per heavy atom. The van der Waals surface area contributed by atoms with E-state index in [1.165, 1.54) is 0 Å². The van der Waals surface area contributed by atoms with E-state index in [0.717, 1.165) is 12.8 Å². The summed E-state index contributed by atoms with van der Waals surface area (Å²) in [6, 6.07) is 0. The summed E-state index contributed by atoms with van der Waals surface area (Å²) in [7, 11) is 0. The fraction of sp³-hybridized carbons (Fsp3) is 0.833. The first kappa shape index (κ1) is 12.4. The van der Waals surface area contributed by atoms with Gasteiger partial charge >= 0.3 is 5.97 Å². The molecule has 5 heteroatoms. The standard InChI is InChI=1S/C12H19NO4/c14-11(13-4-6-17-7-5-13)9-2-1-3-10(8-9)12(15)16/h9-10H,1-8H2,(H,15,16). The minimum atomic E-state index is -0.760. The average Bonchev–Trinajstić information content (AvgIpc) is 2.39. The molecule has 1 aliphatic heterocycles. The van der Waals surface area contributed by atoms with Crippen LogP contribution >= 0.6 is 0 Å². The highest BCUT2D eigenvalue weighted by Gasteiger charge is 2.33. The first-order valence-electron chi connectivity index (χ1n) is 6.28. The zero-order valence-corrected chi connectivity index (χ0v) is 9.93. The van der Waals surface area contributed by atoms with Crippen LogP contribution in [-0.2, 0) is 14.3 Å². The van der Waals surface area contributed by atoms with Gasteiger partial charge in [-0.15, -0.1) is 0 Å². The maximum absolute atomic E-state index is 12.2. The molecule has 5 nitrogen and oxygen atoms in total. The molecule has 2 unspecified atom stereocenters. The zero-order chi connectivity index (χ0) is 12.3. The quantitative estimate of drug-likeness (QED) is 0.774. The van der Waals surface area contributed by atoms with Crippen molar-refractivity contribution in [1.29, 1.82) is 0 Å². The van der Waals surface area contributed by atoms with E-state index in [9.17, 15) is 9.59 Å². The second kappa shape index (κ2) is 5.49. The Balaban J connectivity index is 1.91. The highest BCUT2D eigenvalue weighted by Crippen LogP contribution is 2.30. The topological polar surface area (TPSA) is 66.8 Å². The Hall–Kier alpha value is -1.10. The predicted octanol–water partition coefficient (Wildman–Crippen LogP) is 0.736. The monoisotopic (exact) mass is 241 g/mol. The lowest BCUT2D eigenvalue weighted by molar-refractivity contribution is -0.146. The minimum absolute atomic E-state index is 0.0945. The lowest BCUT2D eigenvalue weighted by Gasteiger charge is -2.33. The van der Waals surface area contributed by atoms with E-state index in [1.54, 1.807) is 0 Å². The lowest BCUT2D eigenvalue weighted by Crippen LogP contribution is -2.45. The van der Waals surface area contributed by atoms with Gasteiger partial charge in [-0.3, -0.25) is 9.59 Å². The van der Waals surface area contributed by atoms with Gasteiger partial charge in [-0.25, -0.2) is 0 Å². The number of hydrogen-bond donors (Lipinski definition) is 1. The average molecular weight is 241 g/mol. The molecule has 1 amide bonds. The summed E-state index contributed by atoms with van der Waals surface area (Å²) >= 11 is 0. The molecule has 2 fully saturated rings. The molecule has 0 bridgehead atoms. The van der Waals surface area contributed by atoms with Crippen molar-refractivity contribution >= 4 is 11.9 Å². The van der Waals surface area contributed by atoms with Gasteiger partial charge in [0, 0.05) is 19.0 Å². The van der Waals surface area contributed by atoms with E-state index in [2.05, 4.69) is 0 Å². The molecule has 1 saturated carbocycles. The maximum atomic E-state index is 12.2. The number of amides is 1. The van der Waals surface area contributed by atoms with Crippen LogP contribution in [-0.4, -0.2) is 48.2 Å². The highest BCUT2D eigenvalue weighted by atomic mass is 16.5.